The molecule has 326 valence electrons. The van der Waals surface area contributed by atoms with Crippen molar-refractivity contribution >= 4 is 5.97 Å². The number of aliphatic carboxylic acids is 1. The normalized spacial score (nSPS) is 54.7. The van der Waals surface area contributed by atoms with Crippen LogP contribution in [0.25, 0.3) is 0 Å². The number of ether oxygens (including phenoxy) is 4. The van der Waals surface area contributed by atoms with Crippen LogP contribution in [0.4, 0.5) is 0 Å². The molecule has 5 aliphatic carbocycles. The highest BCUT2D eigenvalue weighted by atomic mass is 16.8. The molecule has 4 saturated carbocycles. The minimum atomic E-state index is -1.84. The van der Waals surface area contributed by atoms with Crippen molar-refractivity contribution in [2.75, 3.05) is 19.8 Å². The molecular weight excluding hydrogens is 744 g/mol. The molecule has 0 aromatic heterocycles. The van der Waals surface area contributed by atoms with Gasteiger partial charge in [-0.05, 0) is 97.2 Å². The van der Waals surface area contributed by atoms with Crippen molar-refractivity contribution in [1.29, 1.82) is 0 Å². The number of carbonyl (C=O) groups is 1. The Morgan fingerprint density at radius 2 is 1.35 bits per heavy atom. The molecule has 0 aromatic rings. The van der Waals surface area contributed by atoms with Crippen LogP contribution >= 0.6 is 0 Å². The average Bonchev–Trinajstić information content (AvgIpc) is 3.15. The molecule has 0 amide bonds. The lowest BCUT2D eigenvalue weighted by molar-refractivity contribution is -0.384. The van der Waals surface area contributed by atoms with Crippen LogP contribution in [-0.2, 0) is 23.7 Å². The largest absolute Gasteiger partial charge is 0.481 e. The number of rotatable bonds is 8. The quantitative estimate of drug-likeness (QED) is 0.120. The summed E-state index contributed by atoms with van der Waals surface area (Å²) >= 11 is 0. The van der Waals surface area contributed by atoms with E-state index in [1.165, 1.54) is 5.57 Å². The SMILES string of the molecule is CC1(C)CC[C@]2(C(=O)O)CC[C@]3(C)C(=CC[C@@H]4[C@@]5(C)C[C@H](O)[C@H](O[C@@H]6O[C@H](CO)[C@@H](O)[C@H](O)[C@H]6O[C@@H]6O[C@H](CO)[C@H](O)[C@H](O)[C@H]6O)[C@@](C)(CO)[C@@H]5CC[C@]43C)[C@@H]2C1. The maximum atomic E-state index is 13.1. The number of fused-ring (bicyclic) bond motifs is 7. The third-order valence-electron chi connectivity index (χ3n) is 17.4. The summed E-state index contributed by atoms with van der Waals surface area (Å²) < 4.78 is 24.0. The van der Waals surface area contributed by atoms with E-state index in [4.69, 9.17) is 18.9 Å². The zero-order valence-corrected chi connectivity index (χ0v) is 34.2. The van der Waals surface area contributed by atoms with Gasteiger partial charge in [0.2, 0.25) is 0 Å². The zero-order valence-electron chi connectivity index (χ0n) is 34.2. The third kappa shape index (κ3) is 6.43. The summed E-state index contributed by atoms with van der Waals surface area (Å²) in [6, 6.07) is 0. The second-order valence-electron chi connectivity index (χ2n) is 20.7. The molecule has 15 heteroatoms. The van der Waals surface area contributed by atoms with E-state index in [2.05, 4.69) is 40.7 Å². The molecule has 0 radical (unpaired) electrons. The van der Waals surface area contributed by atoms with Crippen molar-refractivity contribution in [3.05, 3.63) is 11.6 Å². The monoisotopic (exact) mass is 812 g/mol. The van der Waals surface area contributed by atoms with Crippen LogP contribution < -0.4 is 0 Å². The summed E-state index contributed by atoms with van der Waals surface area (Å²) in [6.45, 7) is 11.4. The molecular formula is C42H68O15. The summed E-state index contributed by atoms with van der Waals surface area (Å²) in [4.78, 5) is 13.1. The van der Waals surface area contributed by atoms with Crippen molar-refractivity contribution in [2.45, 2.75) is 173 Å². The molecule has 20 atom stereocenters. The van der Waals surface area contributed by atoms with Gasteiger partial charge in [0.15, 0.2) is 12.6 Å². The smallest absolute Gasteiger partial charge is 0.310 e. The highest BCUT2D eigenvalue weighted by Crippen LogP contribution is 2.76. The molecule has 0 bridgehead atoms. The summed E-state index contributed by atoms with van der Waals surface area (Å²) in [6.07, 6.45) is -10.0. The Hall–Kier alpha value is -1.31. The Morgan fingerprint density at radius 1 is 0.737 bits per heavy atom. The van der Waals surface area contributed by atoms with Gasteiger partial charge >= 0.3 is 5.97 Å². The van der Waals surface area contributed by atoms with Gasteiger partial charge in [-0.1, -0.05) is 53.2 Å². The Morgan fingerprint density at radius 3 is 1.96 bits per heavy atom. The summed E-state index contributed by atoms with van der Waals surface area (Å²) in [5.41, 5.74) is -1.53. The van der Waals surface area contributed by atoms with E-state index in [0.717, 1.165) is 25.7 Å². The van der Waals surface area contributed by atoms with Gasteiger partial charge in [-0.25, -0.2) is 0 Å². The van der Waals surface area contributed by atoms with Gasteiger partial charge in [0.05, 0.1) is 37.4 Å². The van der Waals surface area contributed by atoms with Crippen LogP contribution in [0.2, 0.25) is 0 Å². The molecule has 2 saturated heterocycles. The van der Waals surface area contributed by atoms with Crippen LogP contribution in [0.3, 0.4) is 0 Å². The predicted molar refractivity (Wildman–Crippen MR) is 201 cm³/mol. The Kier molecular flexibility index (Phi) is 11.5. The Balaban J connectivity index is 1.19. The fourth-order valence-corrected chi connectivity index (χ4v) is 13.8. The van der Waals surface area contributed by atoms with Crippen molar-refractivity contribution in [3.63, 3.8) is 0 Å². The number of carboxylic acid groups (broad SMARTS) is 1. The molecule has 2 heterocycles. The second-order valence-corrected chi connectivity index (χ2v) is 20.7. The average molecular weight is 813 g/mol. The van der Waals surface area contributed by atoms with Crippen LogP contribution in [0, 0.1) is 50.2 Å². The van der Waals surface area contributed by atoms with E-state index in [0.29, 0.717) is 32.1 Å². The van der Waals surface area contributed by atoms with Gasteiger partial charge in [-0.3, -0.25) is 4.79 Å². The van der Waals surface area contributed by atoms with Gasteiger partial charge in [0.25, 0.3) is 0 Å². The summed E-state index contributed by atoms with van der Waals surface area (Å²) in [5.74, 6) is -0.836. The van der Waals surface area contributed by atoms with Crippen molar-refractivity contribution in [1.82, 2.24) is 0 Å². The Bertz CT molecular complexity index is 1540. The molecule has 7 aliphatic rings. The van der Waals surface area contributed by atoms with Crippen LogP contribution in [-0.4, -0.2) is 150 Å². The number of allylic oxidation sites excluding steroid dienone is 2. The predicted octanol–water partition coefficient (Wildman–Crippen LogP) is 0.825. The lowest BCUT2D eigenvalue weighted by atomic mass is 9.33. The Labute approximate surface area is 335 Å². The van der Waals surface area contributed by atoms with E-state index in [1.807, 2.05) is 6.92 Å². The number of aliphatic hydroxyl groups excluding tert-OH is 9. The standard InChI is InChI=1S/C42H68O15/c1-37(2)11-13-42(36(52)53)14-12-40(5)20(21(42)15-37)7-8-26-38(3)16-22(46)33(39(4,19-45)25(38)9-10-41(26,40)6)57-35-32(30(50)28(48)24(18-44)55-35)56-34-31(51)29(49)27(47)23(17-43)54-34/h7,21-35,43-51H,8-19H2,1-6H3,(H,52,53)/t21-,22-,23+,24+,25+,26+,27-,28+,29-,30-,31+,32+,33-,34-,35-,38-,39-,40+,41+,42-/m0/s1. The van der Waals surface area contributed by atoms with Crippen LogP contribution in [0.5, 0.6) is 0 Å². The van der Waals surface area contributed by atoms with Gasteiger partial charge in [0, 0.05) is 5.41 Å². The molecule has 15 nitrogen and oxygen atoms in total. The first-order valence-electron chi connectivity index (χ1n) is 21.1. The molecule has 10 N–H and O–H groups in total. The van der Waals surface area contributed by atoms with Crippen LogP contribution in [0.15, 0.2) is 11.6 Å². The zero-order chi connectivity index (χ0) is 41.8. The van der Waals surface area contributed by atoms with Crippen molar-refractivity contribution in [3.8, 4) is 0 Å². The number of hydrogen-bond donors (Lipinski definition) is 10. The van der Waals surface area contributed by atoms with E-state index in [1.54, 1.807) is 0 Å². The maximum absolute atomic E-state index is 13.1. The fraction of sp³-hybridized carbons (Fsp3) is 0.929. The maximum Gasteiger partial charge on any atom is 0.310 e. The molecule has 7 rings (SSSR count). The third-order valence-corrected chi connectivity index (χ3v) is 17.4. The lowest BCUT2D eigenvalue weighted by Gasteiger charge is -2.71. The molecule has 6 fully saturated rings. The number of aliphatic hydroxyl groups is 9. The first-order valence-corrected chi connectivity index (χ1v) is 21.1. The van der Waals surface area contributed by atoms with E-state index < -0.39 is 109 Å². The first kappa shape index (κ1) is 43.8. The molecule has 0 spiro atoms. The van der Waals surface area contributed by atoms with Crippen LogP contribution in [0.1, 0.15) is 99.3 Å². The highest BCUT2D eigenvalue weighted by Gasteiger charge is 2.71. The first-order chi connectivity index (χ1) is 26.6. The molecule has 0 aromatic carbocycles. The van der Waals surface area contributed by atoms with Gasteiger partial charge < -0.3 is 70.0 Å². The topological polar surface area (TPSA) is 256 Å². The van der Waals surface area contributed by atoms with Crippen molar-refractivity contribution < 1.29 is 74.8 Å². The molecule has 0 unspecified atom stereocenters. The summed E-state index contributed by atoms with van der Waals surface area (Å²) in [7, 11) is 0. The minimum Gasteiger partial charge on any atom is -0.481 e. The van der Waals surface area contributed by atoms with E-state index in [9.17, 15) is 55.9 Å². The van der Waals surface area contributed by atoms with E-state index >= 15 is 0 Å². The van der Waals surface area contributed by atoms with Gasteiger partial charge in [0.1, 0.15) is 48.8 Å². The fourth-order valence-electron chi connectivity index (χ4n) is 13.8. The van der Waals surface area contributed by atoms with Gasteiger partial charge in [-0.15, -0.1) is 0 Å². The second kappa shape index (κ2) is 14.9. The number of carboxylic acids is 1. The minimum absolute atomic E-state index is 0.0295. The molecule has 2 aliphatic heterocycles. The molecule has 57 heavy (non-hydrogen) atoms. The van der Waals surface area contributed by atoms with E-state index in [-0.39, 0.29) is 40.6 Å². The number of hydrogen-bond acceptors (Lipinski definition) is 14. The van der Waals surface area contributed by atoms with Gasteiger partial charge in [-0.2, -0.15) is 0 Å². The summed E-state index contributed by atoms with van der Waals surface area (Å²) in [5, 5.41) is 108. The lowest BCUT2D eigenvalue weighted by Crippen LogP contribution is -2.70. The highest BCUT2D eigenvalue weighted by molar-refractivity contribution is 5.76. The van der Waals surface area contributed by atoms with Crippen molar-refractivity contribution in [2.24, 2.45) is 50.2 Å².